The highest BCUT2D eigenvalue weighted by Crippen LogP contribution is 2.33. The second-order valence-corrected chi connectivity index (χ2v) is 9.84. The van der Waals surface area contributed by atoms with Crippen LogP contribution in [0, 0.1) is 18.3 Å². The summed E-state index contributed by atoms with van der Waals surface area (Å²) in [6.45, 7) is 11.3. The molecule has 2 N–H and O–H groups in total. The average molecular weight is 415 g/mol. The average Bonchev–Trinajstić information content (AvgIpc) is 3.09. The number of nitrogens with one attached hydrogen (secondary N) is 2. The van der Waals surface area contributed by atoms with Crippen molar-refractivity contribution in [3.8, 4) is 10.6 Å². The van der Waals surface area contributed by atoms with Gasteiger partial charge in [0.15, 0.2) is 5.96 Å². The highest BCUT2D eigenvalue weighted by molar-refractivity contribution is 7.15. The quantitative estimate of drug-likeness (QED) is 0.553. The van der Waals surface area contributed by atoms with Gasteiger partial charge in [0.25, 0.3) is 0 Å². The summed E-state index contributed by atoms with van der Waals surface area (Å²) in [4.78, 5) is 10.4. The zero-order chi connectivity index (χ0) is 20.9. The highest BCUT2D eigenvalue weighted by Gasteiger charge is 2.35. The fraction of sp³-hybridized carbons (Fsp3) is 0.565. The zero-order valence-electron chi connectivity index (χ0n) is 18.3. The summed E-state index contributed by atoms with van der Waals surface area (Å²) in [6.07, 6.45) is 2.60. The number of thiazole rings is 1. The molecule has 0 aliphatic carbocycles. The first-order valence-electron chi connectivity index (χ1n) is 10.5. The van der Waals surface area contributed by atoms with Crippen LogP contribution in [0.5, 0.6) is 0 Å². The molecule has 0 saturated carbocycles. The first kappa shape index (κ1) is 21.8. The molecule has 0 radical (unpaired) electrons. The molecule has 0 spiro atoms. The van der Waals surface area contributed by atoms with Crippen molar-refractivity contribution in [1.82, 2.24) is 15.6 Å². The molecule has 29 heavy (non-hydrogen) atoms. The molecule has 3 rings (SSSR count). The van der Waals surface area contributed by atoms with Gasteiger partial charge in [-0.25, -0.2) is 4.98 Å². The fourth-order valence-corrected chi connectivity index (χ4v) is 4.93. The molecule has 0 amide bonds. The van der Waals surface area contributed by atoms with Crippen LogP contribution >= 0.6 is 11.3 Å². The predicted molar refractivity (Wildman–Crippen MR) is 122 cm³/mol. The van der Waals surface area contributed by atoms with Crippen molar-refractivity contribution in [3.63, 3.8) is 0 Å². The third-order valence-corrected chi connectivity index (χ3v) is 6.59. The first-order chi connectivity index (χ1) is 13.9. The van der Waals surface area contributed by atoms with Crippen LogP contribution in [0.15, 0.2) is 35.3 Å². The largest absolute Gasteiger partial charge is 0.377 e. The van der Waals surface area contributed by atoms with Crippen molar-refractivity contribution in [1.29, 1.82) is 0 Å². The fourth-order valence-electron chi connectivity index (χ4n) is 3.92. The molecule has 5 nitrogen and oxygen atoms in total. The monoisotopic (exact) mass is 414 g/mol. The number of rotatable bonds is 5. The molecule has 2 heterocycles. The number of ether oxygens (including phenoxy) is 1. The van der Waals surface area contributed by atoms with Crippen molar-refractivity contribution in [3.05, 3.63) is 40.9 Å². The molecular weight excluding hydrogens is 380 g/mol. The van der Waals surface area contributed by atoms with Crippen molar-refractivity contribution in [2.75, 3.05) is 20.2 Å². The van der Waals surface area contributed by atoms with Crippen LogP contribution in [0.2, 0.25) is 0 Å². The van der Waals surface area contributed by atoms with E-state index in [0.29, 0.717) is 5.92 Å². The second-order valence-electron chi connectivity index (χ2n) is 8.76. The molecule has 1 saturated heterocycles. The normalized spacial score (nSPS) is 20.5. The number of nitrogens with zero attached hydrogens (tertiary/aromatic N) is 2. The first-order valence-corrected chi connectivity index (χ1v) is 11.3. The summed E-state index contributed by atoms with van der Waals surface area (Å²) in [7, 11) is 1.82. The van der Waals surface area contributed by atoms with Crippen molar-refractivity contribution in [2.24, 2.45) is 16.3 Å². The summed E-state index contributed by atoms with van der Waals surface area (Å²) in [5.74, 6) is 1.33. The summed E-state index contributed by atoms with van der Waals surface area (Å²) >= 11 is 1.74. The van der Waals surface area contributed by atoms with E-state index in [4.69, 9.17) is 9.72 Å². The third kappa shape index (κ3) is 5.80. The molecule has 6 heteroatoms. The van der Waals surface area contributed by atoms with Gasteiger partial charge in [-0.3, -0.25) is 4.99 Å². The van der Waals surface area contributed by atoms with Gasteiger partial charge in [-0.2, -0.15) is 0 Å². The molecule has 1 aliphatic heterocycles. The van der Waals surface area contributed by atoms with Gasteiger partial charge in [-0.15, -0.1) is 11.3 Å². The maximum absolute atomic E-state index is 6.10. The number of guanidine groups is 1. The maximum atomic E-state index is 6.10. The van der Waals surface area contributed by atoms with E-state index < -0.39 is 0 Å². The van der Waals surface area contributed by atoms with E-state index in [1.165, 1.54) is 16.9 Å². The number of aliphatic imine (C=N–C) groups is 1. The Morgan fingerprint density at radius 1 is 1.24 bits per heavy atom. The van der Waals surface area contributed by atoms with Gasteiger partial charge in [0.05, 0.1) is 18.3 Å². The Morgan fingerprint density at radius 2 is 2.00 bits per heavy atom. The molecule has 2 atom stereocenters. The van der Waals surface area contributed by atoms with E-state index in [9.17, 15) is 0 Å². The summed E-state index contributed by atoms with van der Waals surface area (Å²) in [5, 5.41) is 8.03. The summed E-state index contributed by atoms with van der Waals surface area (Å²) < 4.78 is 6.10. The van der Waals surface area contributed by atoms with Gasteiger partial charge in [-0.1, -0.05) is 51.1 Å². The Hall–Kier alpha value is -1.92. The van der Waals surface area contributed by atoms with Crippen LogP contribution in [0.25, 0.3) is 10.6 Å². The van der Waals surface area contributed by atoms with Gasteiger partial charge >= 0.3 is 0 Å². The van der Waals surface area contributed by atoms with E-state index >= 15 is 0 Å². The number of hydrogen-bond donors (Lipinski definition) is 2. The highest BCUT2D eigenvalue weighted by atomic mass is 32.1. The van der Waals surface area contributed by atoms with Crippen molar-refractivity contribution >= 4 is 17.3 Å². The van der Waals surface area contributed by atoms with Crippen LogP contribution < -0.4 is 10.6 Å². The summed E-state index contributed by atoms with van der Waals surface area (Å²) in [6, 6.07) is 10.3. The van der Waals surface area contributed by atoms with Crippen LogP contribution in [0.3, 0.4) is 0 Å². The Balaban J connectivity index is 1.56. The van der Waals surface area contributed by atoms with Crippen LogP contribution in [-0.4, -0.2) is 37.2 Å². The van der Waals surface area contributed by atoms with Crippen LogP contribution in [0.1, 0.15) is 44.2 Å². The minimum atomic E-state index is 0.150. The van der Waals surface area contributed by atoms with Gasteiger partial charge in [0, 0.05) is 36.6 Å². The lowest BCUT2D eigenvalue weighted by atomic mass is 9.78. The predicted octanol–water partition coefficient (Wildman–Crippen LogP) is 4.62. The number of benzene rings is 1. The van der Waals surface area contributed by atoms with E-state index in [0.717, 1.165) is 42.8 Å². The van der Waals surface area contributed by atoms with E-state index in [-0.39, 0.29) is 11.5 Å². The molecule has 158 valence electrons. The van der Waals surface area contributed by atoms with Crippen molar-refractivity contribution < 1.29 is 4.74 Å². The Bertz CT molecular complexity index is 810. The molecule has 1 aliphatic rings. The number of aryl methyl sites for hydroxylation is 1. The van der Waals surface area contributed by atoms with E-state index in [1.807, 2.05) is 13.1 Å². The van der Waals surface area contributed by atoms with E-state index in [2.05, 4.69) is 67.6 Å². The molecule has 1 aromatic carbocycles. The molecule has 2 unspecified atom stereocenters. The lowest BCUT2D eigenvalue weighted by molar-refractivity contribution is -0.0835. The van der Waals surface area contributed by atoms with Gasteiger partial charge in [0.1, 0.15) is 5.01 Å². The SMILES string of the molecule is CN=C(NCc1sc(-c2ccccc2)nc1C)NCC1CCCOC1C(C)(C)C. The van der Waals surface area contributed by atoms with Crippen LogP contribution in [0.4, 0.5) is 0 Å². The van der Waals surface area contributed by atoms with Gasteiger partial charge in [-0.05, 0) is 25.2 Å². The molecule has 0 bridgehead atoms. The second kappa shape index (κ2) is 9.72. The lowest BCUT2D eigenvalue weighted by Gasteiger charge is -2.40. The van der Waals surface area contributed by atoms with Crippen molar-refractivity contribution in [2.45, 2.75) is 53.2 Å². The topological polar surface area (TPSA) is 58.5 Å². The third-order valence-electron chi connectivity index (χ3n) is 5.38. The molecule has 1 aromatic heterocycles. The minimum Gasteiger partial charge on any atom is -0.377 e. The van der Waals surface area contributed by atoms with E-state index in [1.54, 1.807) is 11.3 Å². The van der Waals surface area contributed by atoms with Crippen LogP contribution in [-0.2, 0) is 11.3 Å². The lowest BCUT2D eigenvalue weighted by Crippen LogP contribution is -2.47. The molecule has 1 fully saturated rings. The Morgan fingerprint density at radius 3 is 2.69 bits per heavy atom. The number of aromatic nitrogens is 1. The number of hydrogen-bond acceptors (Lipinski definition) is 4. The van der Waals surface area contributed by atoms with Gasteiger partial charge < -0.3 is 15.4 Å². The minimum absolute atomic E-state index is 0.150. The Labute approximate surface area is 179 Å². The standard InChI is InChI=1S/C23H34N4OS/c1-16-19(29-21(27-16)17-10-7-6-8-11-17)15-26-22(24-5)25-14-18-12-9-13-28-20(18)23(2,3)4/h6-8,10-11,18,20H,9,12-15H2,1-5H3,(H2,24,25,26). The maximum Gasteiger partial charge on any atom is 0.191 e. The molecular formula is C23H34N4OS. The Kier molecular flexibility index (Phi) is 7.30. The smallest absolute Gasteiger partial charge is 0.191 e. The zero-order valence-corrected chi connectivity index (χ0v) is 19.1. The molecule has 2 aromatic rings. The summed E-state index contributed by atoms with van der Waals surface area (Å²) in [5.41, 5.74) is 2.39. The van der Waals surface area contributed by atoms with Gasteiger partial charge in [0.2, 0.25) is 0 Å².